The van der Waals surface area contributed by atoms with Crippen LogP contribution < -0.4 is 0 Å². The van der Waals surface area contributed by atoms with Crippen LogP contribution in [-0.2, 0) is 0 Å². The molecule has 0 bridgehead atoms. The molecule has 2 nitrogen and oxygen atoms in total. The van der Waals surface area contributed by atoms with Crippen molar-refractivity contribution in [3.05, 3.63) is 11.7 Å². The maximum atomic E-state index is 14.0. The average molecular weight is 264 g/mol. The van der Waals surface area contributed by atoms with Gasteiger partial charge in [-0.1, -0.05) is 13.8 Å². The molecule has 0 spiro atoms. The molecule has 0 amide bonds. The highest BCUT2D eigenvalue weighted by molar-refractivity contribution is 5.31. The molecule has 2 N–H and O–H groups in total. The van der Waals surface area contributed by atoms with Crippen LogP contribution in [0, 0.1) is 5.92 Å². The van der Waals surface area contributed by atoms with Crippen LogP contribution in [0.2, 0.25) is 0 Å². The van der Waals surface area contributed by atoms with Gasteiger partial charge in [-0.25, -0.2) is 26.3 Å². The van der Waals surface area contributed by atoms with Crippen LogP contribution in [0.5, 0.6) is 0 Å². The predicted octanol–water partition coefficient (Wildman–Crippen LogP) is 2.17. The second-order valence-electron chi connectivity index (χ2n) is 4.19. The molecule has 0 fully saturated rings. The van der Waals surface area contributed by atoms with Crippen molar-refractivity contribution in [3.63, 3.8) is 0 Å². The fourth-order valence-electron chi connectivity index (χ4n) is 1.80. The third-order valence-electron chi connectivity index (χ3n) is 2.85. The van der Waals surface area contributed by atoms with E-state index in [1.165, 1.54) is 0 Å². The van der Waals surface area contributed by atoms with Crippen molar-refractivity contribution >= 4 is 0 Å². The first kappa shape index (κ1) is 14.3. The van der Waals surface area contributed by atoms with E-state index < -0.39 is 41.1 Å². The van der Waals surface area contributed by atoms with E-state index in [0.717, 1.165) is 13.8 Å². The molecule has 0 aromatic heterocycles. The Labute approximate surface area is 92.5 Å². The summed E-state index contributed by atoms with van der Waals surface area (Å²) in [6.45, 7) is 1.52. The summed E-state index contributed by atoms with van der Waals surface area (Å²) in [4.78, 5) is 0. The first-order valence-corrected chi connectivity index (χ1v) is 4.63. The van der Waals surface area contributed by atoms with Crippen molar-refractivity contribution in [2.24, 2.45) is 5.92 Å². The summed E-state index contributed by atoms with van der Waals surface area (Å²) >= 11 is 0. The van der Waals surface area contributed by atoms with Gasteiger partial charge in [0, 0.05) is 0 Å². The summed E-state index contributed by atoms with van der Waals surface area (Å²) in [5, 5.41) is 17.8. The van der Waals surface area contributed by atoms with Crippen LogP contribution in [0.1, 0.15) is 13.8 Å². The first-order valence-electron chi connectivity index (χ1n) is 4.63. The normalized spacial score (nSPS) is 47.8. The molecule has 0 saturated carbocycles. The minimum absolute atomic E-state index is 0.762. The van der Waals surface area contributed by atoms with E-state index in [1.807, 2.05) is 0 Å². The lowest BCUT2D eigenvalue weighted by molar-refractivity contribution is -0.335. The molecule has 100 valence electrons. The molecule has 0 radical (unpaired) electrons. The average Bonchev–Trinajstić information content (AvgIpc) is 2.22. The molecule has 0 saturated heterocycles. The second kappa shape index (κ2) is 3.61. The number of aliphatic hydroxyl groups is 2. The molecule has 1 aliphatic rings. The highest BCUT2D eigenvalue weighted by Gasteiger charge is 2.77. The van der Waals surface area contributed by atoms with Crippen LogP contribution in [0.25, 0.3) is 0 Å². The Morgan fingerprint density at radius 1 is 1.12 bits per heavy atom. The Morgan fingerprint density at radius 2 is 1.53 bits per heavy atom. The molecular weight excluding hydrogens is 254 g/mol. The Kier molecular flexibility index (Phi) is 3.04. The van der Waals surface area contributed by atoms with Crippen LogP contribution in [-0.4, -0.2) is 33.8 Å². The summed E-state index contributed by atoms with van der Waals surface area (Å²) in [7, 11) is 0. The molecule has 0 aromatic rings. The zero-order valence-electron chi connectivity index (χ0n) is 8.82. The Morgan fingerprint density at radius 3 is 1.88 bits per heavy atom. The zero-order valence-corrected chi connectivity index (χ0v) is 8.82. The molecule has 0 heterocycles. The third kappa shape index (κ3) is 1.43. The second-order valence-corrected chi connectivity index (χ2v) is 4.19. The van der Waals surface area contributed by atoms with E-state index >= 15 is 0 Å². The van der Waals surface area contributed by atoms with Gasteiger partial charge in [0.15, 0.2) is 5.83 Å². The van der Waals surface area contributed by atoms with Crippen molar-refractivity contribution < 1.29 is 36.6 Å². The van der Waals surface area contributed by atoms with Crippen LogP contribution in [0.4, 0.5) is 26.3 Å². The number of hydrogen-bond acceptors (Lipinski definition) is 2. The highest BCUT2D eigenvalue weighted by atomic mass is 19.2. The van der Waals surface area contributed by atoms with Crippen LogP contribution >= 0.6 is 0 Å². The van der Waals surface area contributed by atoms with Crippen molar-refractivity contribution in [2.75, 3.05) is 0 Å². The van der Waals surface area contributed by atoms with E-state index in [1.54, 1.807) is 0 Å². The lowest BCUT2D eigenvalue weighted by Crippen LogP contribution is -2.70. The smallest absolute Gasteiger partial charge is 0.302 e. The van der Waals surface area contributed by atoms with Crippen molar-refractivity contribution in [2.45, 2.75) is 37.4 Å². The molecule has 1 rings (SSSR count). The molecule has 17 heavy (non-hydrogen) atoms. The quantitative estimate of drug-likeness (QED) is 0.712. The molecule has 8 heteroatoms. The fraction of sp³-hybridized carbons (Fsp3) is 0.778. The van der Waals surface area contributed by atoms with Gasteiger partial charge in [0.25, 0.3) is 5.85 Å². The molecular formula is C9H10F6O2. The fourth-order valence-corrected chi connectivity index (χ4v) is 1.80. The third-order valence-corrected chi connectivity index (χ3v) is 2.85. The van der Waals surface area contributed by atoms with Gasteiger partial charge in [-0.15, -0.1) is 0 Å². The van der Waals surface area contributed by atoms with Gasteiger partial charge in [-0.05, 0) is 5.92 Å². The van der Waals surface area contributed by atoms with E-state index in [4.69, 9.17) is 10.2 Å². The monoisotopic (exact) mass is 264 g/mol. The maximum absolute atomic E-state index is 14.0. The van der Waals surface area contributed by atoms with E-state index in [0.29, 0.717) is 0 Å². The first-order chi connectivity index (χ1) is 7.42. The van der Waals surface area contributed by atoms with Gasteiger partial charge in [-0.2, -0.15) is 0 Å². The maximum Gasteiger partial charge on any atom is 0.302 e. The SMILES string of the molecule is CC(C)C1(F)C(O)(F)C(F)=C(F)C(F)C1(O)F. The standard InChI is InChI=1S/C9H10F6O2/c1-3(2)7(13)8(14,16)5(11)4(10)6(12)9(7,15)17/h3,5,16-17H,1-2H3. The highest BCUT2D eigenvalue weighted by Crippen LogP contribution is 2.56. The van der Waals surface area contributed by atoms with E-state index in [-0.39, 0.29) is 0 Å². The van der Waals surface area contributed by atoms with Crippen molar-refractivity contribution in [3.8, 4) is 0 Å². The summed E-state index contributed by atoms with van der Waals surface area (Å²) in [6.07, 6.45) is -3.76. The molecule has 4 atom stereocenters. The molecule has 0 aliphatic heterocycles. The van der Waals surface area contributed by atoms with Crippen LogP contribution in [0.3, 0.4) is 0 Å². The summed E-state index contributed by atoms with van der Waals surface area (Å²) in [6, 6.07) is 0. The number of hydrogen-bond donors (Lipinski definition) is 2. The molecule has 4 unspecified atom stereocenters. The molecule has 0 aromatic carbocycles. The lowest BCUT2D eigenvalue weighted by Gasteiger charge is -2.47. The van der Waals surface area contributed by atoms with Gasteiger partial charge in [0.05, 0.1) is 0 Å². The molecule has 1 aliphatic carbocycles. The minimum atomic E-state index is -4.79. The Bertz CT molecular complexity index is 364. The largest absolute Gasteiger partial charge is 0.357 e. The summed E-state index contributed by atoms with van der Waals surface area (Å²) in [5.74, 6) is -16.9. The van der Waals surface area contributed by atoms with Gasteiger partial charge in [-0.3, -0.25) is 0 Å². The summed E-state index contributed by atoms with van der Waals surface area (Å²) < 4.78 is 79.5. The van der Waals surface area contributed by atoms with Gasteiger partial charge in [0.1, 0.15) is 0 Å². The Balaban J connectivity index is 3.60. The predicted molar refractivity (Wildman–Crippen MR) is 44.9 cm³/mol. The minimum Gasteiger partial charge on any atom is -0.357 e. The lowest BCUT2D eigenvalue weighted by atomic mass is 9.72. The number of rotatable bonds is 1. The Hall–Kier alpha value is -0.760. The number of halogens is 6. The van der Waals surface area contributed by atoms with Crippen molar-refractivity contribution in [1.29, 1.82) is 0 Å². The summed E-state index contributed by atoms with van der Waals surface area (Å²) in [5.41, 5.74) is -4.38. The zero-order chi connectivity index (χ0) is 13.8. The van der Waals surface area contributed by atoms with E-state index in [2.05, 4.69) is 0 Å². The van der Waals surface area contributed by atoms with E-state index in [9.17, 15) is 26.3 Å². The van der Waals surface area contributed by atoms with Crippen molar-refractivity contribution in [1.82, 2.24) is 0 Å². The van der Waals surface area contributed by atoms with Crippen LogP contribution in [0.15, 0.2) is 11.7 Å². The van der Waals surface area contributed by atoms with Gasteiger partial charge >= 0.3 is 5.85 Å². The van der Waals surface area contributed by atoms with Gasteiger partial charge in [0.2, 0.25) is 17.7 Å². The topological polar surface area (TPSA) is 40.5 Å². The number of alkyl halides is 4. The van der Waals surface area contributed by atoms with Gasteiger partial charge < -0.3 is 10.2 Å².